The van der Waals surface area contributed by atoms with Crippen LogP contribution in [0.3, 0.4) is 0 Å². The molecular formula is C20H20N2O6. The third kappa shape index (κ3) is 3.85. The summed E-state index contributed by atoms with van der Waals surface area (Å²) in [5.74, 6) is 2.06. The second-order valence-electron chi connectivity index (χ2n) is 5.66. The predicted octanol–water partition coefficient (Wildman–Crippen LogP) is 3.63. The molecule has 0 aliphatic carbocycles. The molecule has 0 aliphatic rings. The van der Waals surface area contributed by atoms with Crippen LogP contribution in [0.5, 0.6) is 23.0 Å². The summed E-state index contributed by atoms with van der Waals surface area (Å²) in [7, 11) is 6.15. The van der Waals surface area contributed by atoms with E-state index in [-0.39, 0.29) is 5.69 Å². The van der Waals surface area contributed by atoms with Crippen LogP contribution < -0.4 is 24.3 Å². The molecule has 0 saturated carbocycles. The molecule has 1 amide bonds. The number of hydrogen-bond acceptors (Lipinski definition) is 7. The molecule has 0 atom stereocenters. The normalized spacial score (nSPS) is 10.3. The maximum atomic E-state index is 12.8. The Morgan fingerprint density at radius 1 is 0.893 bits per heavy atom. The summed E-state index contributed by atoms with van der Waals surface area (Å²) >= 11 is 0. The largest absolute Gasteiger partial charge is 0.497 e. The summed E-state index contributed by atoms with van der Waals surface area (Å²) in [5, 5.41) is 2.78. The standard InChI is InChI=1S/C20H20N2O6/c1-24-14-8-13(9-15(10-14)25-2)22-20(23)18-19(28-11-21-18)12-5-6-16(26-3)17(7-12)27-4/h5-11H,1-4H3,(H,22,23). The smallest absolute Gasteiger partial charge is 0.278 e. The number of ether oxygens (including phenoxy) is 4. The van der Waals surface area contributed by atoms with Crippen LogP contribution in [0.25, 0.3) is 11.3 Å². The Bertz CT molecular complexity index is 960. The van der Waals surface area contributed by atoms with Crippen LogP contribution in [0.1, 0.15) is 10.5 Å². The van der Waals surface area contributed by atoms with Crippen molar-refractivity contribution in [2.75, 3.05) is 33.8 Å². The van der Waals surface area contributed by atoms with Gasteiger partial charge in [0.25, 0.3) is 5.91 Å². The lowest BCUT2D eigenvalue weighted by atomic mass is 10.1. The molecule has 1 aromatic heterocycles. The summed E-state index contributed by atoms with van der Waals surface area (Å²) in [5.41, 5.74) is 1.26. The van der Waals surface area contributed by atoms with Crippen LogP contribution in [-0.4, -0.2) is 39.3 Å². The van der Waals surface area contributed by atoms with Crippen molar-refractivity contribution >= 4 is 11.6 Å². The molecule has 0 aliphatic heterocycles. The third-order valence-corrected chi connectivity index (χ3v) is 4.04. The van der Waals surface area contributed by atoms with Crippen molar-refractivity contribution in [3.63, 3.8) is 0 Å². The first-order valence-corrected chi connectivity index (χ1v) is 8.30. The van der Waals surface area contributed by atoms with Crippen LogP contribution >= 0.6 is 0 Å². The SMILES string of the molecule is COc1cc(NC(=O)c2ncoc2-c2ccc(OC)c(OC)c2)cc(OC)c1. The van der Waals surface area contributed by atoms with Crippen molar-refractivity contribution in [2.24, 2.45) is 0 Å². The maximum absolute atomic E-state index is 12.8. The van der Waals surface area contributed by atoms with Gasteiger partial charge in [-0.25, -0.2) is 4.98 Å². The lowest BCUT2D eigenvalue weighted by molar-refractivity contribution is 0.102. The number of benzene rings is 2. The van der Waals surface area contributed by atoms with Gasteiger partial charge in [-0.1, -0.05) is 0 Å². The van der Waals surface area contributed by atoms with E-state index in [0.29, 0.717) is 40.0 Å². The summed E-state index contributed by atoms with van der Waals surface area (Å²) in [6.45, 7) is 0. The first kappa shape index (κ1) is 19.1. The van der Waals surface area contributed by atoms with E-state index in [4.69, 9.17) is 23.4 Å². The maximum Gasteiger partial charge on any atom is 0.278 e. The summed E-state index contributed by atoms with van der Waals surface area (Å²) in [6.07, 6.45) is 1.22. The molecule has 2 aromatic carbocycles. The number of carbonyl (C=O) groups is 1. The molecule has 1 heterocycles. The van der Waals surface area contributed by atoms with Gasteiger partial charge in [-0.15, -0.1) is 0 Å². The molecule has 0 fully saturated rings. The van der Waals surface area contributed by atoms with Gasteiger partial charge in [-0.3, -0.25) is 4.79 Å². The molecular weight excluding hydrogens is 364 g/mol. The monoisotopic (exact) mass is 384 g/mol. The second-order valence-corrected chi connectivity index (χ2v) is 5.66. The fourth-order valence-electron chi connectivity index (χ4n) is 2.66. The summed E-state index contributed by atoms with van der Waals surface area (Å²) < 4.78 is 26.4. The molecule has 0 radical (unpaired) electrons. The number of nitrogens with zero attached hydrogens (tertiary/aromatic N) is 1. The average molecular weight is 384 g/mol. The van der Waals surface area contributed by atoms with Crippen LogP contribution in [0, 0.1) is 0 Å². The van der Waals surface area contributed by atoms with Gasteiger partial charge in [-0.2, -0.15) is 0 Å². The van der Waals surface area contributed by atoms with Crippen LogP contribution in [0.4, 0.5) is 5.69 Å². The number of rotatable bonds is 7. The minimum absolute atomic E-state index is 0.133. The number of methoxy groups -OCH3 is 4. The van der Waals surface area contributed by atoms with Crippen molar-refractivity contribution < 1.29 is 28.2 Å². The van der Waals surface area contributed by atoms with E-state index in [1.807, 2.05) is 0 Å². The number of amides is 1. The highest BCUT2D eigenvalue weighted by molar-refractivity contribution is 6.06. The highest BCUT2D eigenvalue weighted by Gasteiger charge is 2.20. The Balaban J connectivity index is 1.91. The van der Waals surface area contributed by atoms with Gasteiger partial charge in [0.05, 0.1) is 28.4 Å². The van der Waals surface area contributed by atoms with E-state index < -0.39 is 5.91 Å². The van der Waals surface area contributed by atoms with E-state index in [9.17, 15) is 4.79 Å². The van der Waals surface area contributed by atoms with E-state index in [2.05, 4.69) is 10.3 Å². The van der Waals surface area contributed by atoms with Crippen molar-refractivity contribution in [1.82, 2.24) is 4.98 Å². The van der Waals surface area contributed by atoms with Gasteiger partial charge in [0, 0.05) is 29.4 Å². The van der Waals surface area contributed by atoms with Crippen molar-refractivity contribution in [1.29, 1.82) is 0 Å². The molecule has 0 bridgehead atoms. The number of aromatic nitrogens is 1. The number of anilines is 1. The number of carbonyl (C=O) groups excluding carboxylic acids is 1. The molecule has 0 saturated heterocycles. The lowest BCUT2D eigenvalue weighted by Crippen LogP contribution is -2.13. The molecule has 28 heavy (non-hydrogen) atoms. The molecule has 8 heteroatoms. The Kier molecular flexibility index (Phi) is 5.69. The highest BCUT2D eigenvalue weighted by atomic mass is 16.5. The first-order valence-electron chi connectivity index (χ1n) is 8.30. The first-order chi connectivity index (χ1) is 13.6. The lowest BCUT2D eigenvalue weighted by Gasteiger charge is -2.10. The van der Waals surface area contributed by atoms with E-state index in [1.54, 1.807) is 43.5 Å². The predicted molar refractivity (Wildman–Crippen MR) is 103 cm³/mol. The number of hydrogen-bond donors (Lipinski definition) is 1. The van der Waals surface area contributed by atoms with E-state index in [1.165, 1.54) is 27.7 Å². The Morgan fingerprint density at radius 3 is 2.18 bits per heavy atom. The molecule has 1 N–H and O–H groups in total. The van der Waals surface area contributed by atoms with Crippen LogP contribution in [0.2, 0.25) is 0 Å². The summed E-state index contributed by atoms with van der Waals surface area (Å²) in [4.78, 5) is 16.8. The van der Waals surface area contributed by atoms with Crippen molar-refractivity contribution in [3.8, 4) is 34.3 Å². The fourth-order valence-corrected chi connectivity index (χ4v) is 2.66. The zero-order valence-corrected chi connectivity index (χ0v) is 15.9. The molecule has 0 spiro atoms. The fraction of sp³-hybridized carbons (Fsp3) is 0.200. The Morgan fingerprint density at radius 2 is 1.57 bits per heavy atom. The zero-order valence-electron chi connectivity index (χ0n) is 15.9. The molecule has 8 nitrogen and oxygen atoms in total. The average Bonchev–Trinajstić information content (AvgIpc) is 3.22. The molecule has 146 valence electrons. The van der Waals surface area contributed by atoms with Crippen molar-refractivity contribution in [3.05, 3.63) is 48.5 Å². The third-order valence-electron chi connectivity index (χ3n) is 4.04. The van der Waals surface area contributed by atoms with Gasteiger partial charge >= 0.3 is 0 Å². The minimum atomic E-state index is -0.436. The number of oxazole rings is 1. The van der Waals surface area contributed by atoms with Crippen LogP contribution in [-0.2, 0) is 0 Å². The van der Waals surface area contributed by atoms with E-state index in [0.717, 1.165) is 0 Å². The second kappa shape index (κ2) is 8.34. The van der Waals surface area contributed by atoms with E-state index >= 15 is 0 Å². The van der Waals surface area contributed by atoms with Gasteiger partial charge < -0.3 is 28.7 Å². The molecule has 3 aromatic rings. The van der Waals surface area contributed by atoms with Crippen molar-refractivity contribution in [2.45, 2.75) is 0 Å². The minimum Gasteiger partial charge on any atom is -0.497 e. The summed E-state index contributed by atoms with van der Waals surface area (Å²) in [6, 6.07) is 10.3. The van der Waals surface area contributed by atoms with Gasteiger partial charge in [0.1, 0.15) is 11.5 Å². The van der Waals surface area contributed by atoms with Crippen LogP contribution in [0.15, 0.2) is 47.2 Å². The zero-order chi connectivity index (χ0) is 20.1. The van der Waals surface area contributed by atoms with Gasteiger partial charge in [-0.05, 0) is 18.2 Å². The topological polar surface area (TPSA) is 92.1 Å². The molecule has 0 unspecified atom stereocenters. The van der Waals surface area contributed by atoms with Gasteiger partial charge in [0.2, 0.25) is 0 Å². The Hall–Kier alpha value is -3.68. The highest BCUT2D eigenvalue weighted by Crippen LogP contribution is 2.34. The molecule has 3 rings (SSSR count). The Labute approximate surface area is 162 Å². The quantitative estimate of drug-likeness (QED) is 0.665. The number of nitrogens with one attached hydrogen (secondary N) is 1. The van der Waals surface area contributed by atoms with Gasteiger partial charge in [0.15, 0.2) is 29.3 Å².